The number of fused-ring (bicyclic) bond motifs is 1. The van der Waals surface area contributed by atoms with Crippen LogP contribution in [0.15, 0.2) is 12.3 Å². The van der Waals surface area contributed by atoms with E-state index < -0.39 is 24.3 Å². The summed E-state index contributed by atoms with van der Waals surface area (Å²) < 4.78 is 15.9. The summed E-state index contributed by atoms with van der Waals surface area (Å²) in [6, 6.07) is 0. The van der Waals surface area contributed by atoms with E-state index in [1.807, 2.05) is 0 Å². The Balaban J connectivity index is 2.16. The molecule has 12 heavy (non-hydrogen) atoms. The maximum Gasteiger partial charge on any atom is 0.231 e. The largest absolute Gasteiger partial charge is 0.464 e. The van der Waals surface area contributed by atoms with Gasteiger partial charge in [-0.15, -0.1) is 0 Å². The summed E-state index contributed by atoms with van der Waals surface area (Å²) >= 11 is 0. The summed E-state index contributed by atoms with van der Waals surface area (Å²) in [6.45, 7) is 7.10. The van der Waals surface area contributed by atoms with Gasteiger partial charge in [-0.3, -0.25) is 0 Å². The first-order valence-electron chi connectivity index (χ1n) is 3.89. The highest BCUT2D eigenvalue weighted by molar-refractivity contribution is 5.06. The summed E-state index contributed by atoms with van der Waals surface area (Å²) in [7, 11) is 0. The van der Waals surface area contributed by atoms with Gasteiger partial charge in [-0.25, -0.2) is 0 Å². The summed E-state index contributed by atoms with van der Waals surface area (Å²) in [5, 5.41) is 9.47. The van der Waals surface area contributed by atoms with Crippen LogP contribution in [-0.2, 0) is 14.2 Å². The van der Waals surface area contributed by atoms with Crippen LogP contribution in [0.25, 0.3) is 0 Å². The van der Waals surface area contributed by atoms with Crippen molar-refractivity contribution in [3.63, 3.8) is 0 Å². The third-order valence-electron chi connectivity index (χ3n) is 2.00. The fraction of sp³-hybridized carbons (Fsp3) is 0.750. The predicted octanol–water partition coefficient (Wildman–Crippen LogP) is 0.369. The number of aliphatic hydroxyl groups is 1. The van der Waals surface area contributed by atoms with Crippen LogP contribution in [-0.4, -0.2) is 29.4 Å². The molecule has 0 aliphatic carbocycles. The topological polar surface area (TPSA) is 47.9 Å². The summed E-state index contributed by atoms with van der Waals surface area (Å²) in [4.78, 5) is 0. The quantitative estimate of drug-likeness (QED) is 0.573. The molecule has 0 aromatic heterocycles. The molecule has 0 spiro atoms. The van der Waals surface area contributed by atoms with E-state index in [0.29, 0.717) is 5.76 Å². The average molecular weight is 172 g/mol. The van der Waals surface area contributed by atoms with Gasteiger partial charge in [0.25, 0.3) is 0 Å². The molecule has 2 saturated heterocycles. The molecular formula is C8H12O4. The van der Waals surface area contributed by atoms with Crippen LogP contribution >= 0.6 is 0 Å². The third kappa shape index (κ3) is 1.03. The Bertz CT molecular complexity index is 223. The molecule has 4 heteroatoms. The average Bonchev–Trinajstić information content (AvgIpc) is 2.33. The molecular weight excluding hydrogens is 160 g/mol. The zero-order valence-electron chi connectivity index (χ0n) is 7.11. The number of rotatable bonds is 0. The minimum atomic E-state index is -0.767. The Labute approximate surface area is 70.7 Å². The van der Waals surface area contributed by atoms with Crippen molar-refractivity contribution in [1.29, 1.82) is 0 Å². The molecule has 4 nitrogen and oxygen atoms in total. The van der Waals surface area contributed by atoms with Crippen molar-refractivity contribution in [2.75, 3.05) is 0 Å². The molecule has 2 fully saturated rings. The minimum absolute atomic E-state index is 0.320. The zero-order chi connectivity index (χ0) is 8.93. The molecule has 1 unspecified atom stereocenters. The lowest BCUT2D eigenvalue weighted by Crippen LogP contribution is -2.28. The number of aliphatic hydroxyl groups excluding tert-OH is 1. The molecule has 3 atom stereocenters. The van der Waals surface area contributed by atoms with Crippen LogP contribution in [0, 0.1) is 0 Å². The second kappa shape index (κ2) is 2.22. The molecule has 2 aliphatic heterocycles. The van der Waals surface area contributed by atoms with Gasteiger partial charge in [-0.05, 0) is 13.8 Å². The molecule has 0 aromatic carbocycles. The molecule has 0 bridgehead atoms. The molecule has 1 N–H and O–H groups in total. The van der Waals surface area contributed by atoms with Crippen molar-refractivity contribution in [3.05, 3.63) is 12.3 Å². The van der Waals surface area contributed by atoms with E-state index in [2.05, 4.69) is 6.58 Å². The van der Waals surface area contributed by atoms with Crippen molar-refractivity contribution in [1.82, 2.24) is 0 Å². The Morgan fingerprint density at radius 3 is 2.67 bits per heavy atom. The fourth-order valence-corrected chi connectivity index (χ4v) is 1.46. The molecule has 68 valence electrons. The van der Waals surface area contributed by atoms with Gasteiger partial charge in [0.05, 0.1) is 0 Å². The number of hydrogen-bond donors (Lipinski definition) is 1. The van der Waals surface area contributed by atoms with Crippen LogP contribution in [0.1, 0.15) is 13.8 Å². The van der Waals surface area contributed by atoms with Crippen LogP contribution < -0.4 is 0 Å². The van der Waals surface area contributed by atoms with Crippen molar-refractivity contribution < 1.29 is 19.3 Å². The SMILES string of the molecule is C=C1OC2OC(C)(C)O[C@H]2[C@@H]1O. The van der Waals surface area contributed by atoms with Gasteiger partial charge in [0, 0.05) is 0 Å². The first-order chi connectivity index (χ1) is 5.49. The summed E-state index contributed by atoms with van der Waals surface area (Å²) in [5.74, 6) is -0.350. The minimum Gasteiger partial charge on any atom is -0.464 e. The Kier molecular flexibility index (Phi) is 1.49. The molecule has 0 aromatic rings. The van der Waals surface area contributed by atoms with E-state index >= 15 is 0 Å². The van der Waals surface area contributed by atoms with E-state index in [1.165, 1.54) is 0 Å². The van der Waals surface area contributed by atoms with Gasteiger partial charge < -0.3 is 19.3 Å². The zero-order valence-corrected chi connectivity index (χ0v) is 7.11. The first kappa shape index (κ1) is 8.04. The Morgan fingerprint density at radius 1 is 1.42 bits per heavy atom. The summed E-state index contributed by atoms with van der Waals surface area (Å²) in [6.07, 6.45) is -1.69. The fourth-order valence-electron chi connectivity index (χ4n) is 1.46. The molecule has 2 heterocycles. The molecule has 0 radical (unpaired) electrons. The molecule has 2 aliphatic rings. The second-order valence-corrected chi connectivity index (χ2v) is 3.50. The second-order valence-electron chi connectivity index (χ2n) is 3.50. The van der Waals surface area contributed by atoms with E-state index in [0.717, 1.165) is 0 Å². The maximum atomic E-state index is 9.47. The standard InChI is InChI=1S/C8H12O4/c1-4-5(9)6-7(10-4)12-8(2,3)11-6/h5-7,9H,1H2,2-3H3/t5-,6+,7?/m1/s1. The number of hydrogen-bond acceptors (Lipinski definition) is 4. The smallest absolute Gasteiger partial charge is 0.231 e. The molecule has 0 amide bonds. The van der Waals surface area contributed by atoms with E-state index in [-0.39, 0.29) is 0 Å². The lowest BCUT2D eigenvalue weighted by atomic mass is 10.2. The van der Waals surface area contributed by atoms with E-state index in [4.69, 9.17) is 14.2 Å². The molecule has 2 rings (SSSR count). The lowest BCUT2D eigenvalue weighted by Gasteiger charge is -2.19. The van der Waals surface area contributed by atoms with Crippen molar-refractivity contribution in [2.24, 2.45) is 0 Å². The lowest BCUT2D eigenvalue weighted by molar-refractivity contribution is -0.189. The monoisotopic (exact) mass is 172 g/mol. The highest BCUT2D eigenvalue weighted by Gasteiger charge is 2.52. The molecule has 0 saturated carbocycles. The normalized spacial score (nSPS) is 44.2. The van der Waals surface area contributed by atoms with Crippen LogP contribution in [0.3, 0.4) is 0 Å². The van der Waals surface area contributed by atoms with Crippen molar-refractivity contribution >= 4 is 0 Å². The van der Waals surface area contributed by atoms with Crippen molar-refractivity contribution in [3.8, 4) is 0 Å². The Hall–Kier alpha value is -0.580. The number of ether oxygens (including phenoxy) is 3. The van der Waals surface area contributed by atoms with Gasteiger partial charge in [0.2, 0.25) is 6.29 Å². The van der Waals surface area contributed by atoms with Crippen LogP contribution in [0.2, 0.25) is 0 Å². The third-order valence-corrected chi connectivity index (χ3v) is 2.00. The Morgan fingerprint density at radius 2 is 2.08 bits per heavy atom. The van der Waals surface area contributed by atoms with Crippen LogP contribution in [0.4, 0.5) is 0 Å². The van der Waals surface area contributed by atoms with E-state index in [1.54, 1.807) is 13.8 Å². The maximum absolute atomic E-state index is 9.47. The summed E-state index contributed by atoms with van der Waals surface area (Å²) in [5.41, 5.74) is 0. The van der Waals surface area contributed by atoms with Gasteiger partial charge >= 0.3 is 0 Å². The van der Waals surface area contributed by atoms with Gasteiger partial charge in [0.1, 0.15) is 11.9 Å². The van der Waals surface area contributed by atoms with E-state index in [9.17, 15) is 5.11 Å². The highest BCUT2D eigenvalue weighted by Crippen LogP contribution is 2.38. The highest BCUT2D eigenvalue weighted by atomic mass is 16.8. The predicted molar refractivity (Wildman–Crippen MR) is 40.1 cm³/mol. The van der Waals surface area contributed by atoms with Gasteiger partial charge in [-0.1, -0.05) is 6.58 Å². The first-order valence-corrected chi connectivity index (χ1v) is 3.89. The van der Waals surface area contributed by atoms with Gasteiger partial charge in [-0.2, -0.15) is 0 Å². The van der Waals surface area contributed by atoms with Crippen molar-refractivity contribution in [2.45, 2.75) is 38.1 Å². The van der Waals surface area contributed by atoms with Gasteiger partial charge in [0.15, 0.2) is 11.9 Å². The van der Waals surface area contributed by atoms with Crippen LogP contribution in [0.5, 0.6) is 0 Å².